The maximum atomic E-state index is 9.12. The zero-order valence-electron chi connectivity index (χ0n) is 21.9. The first-order valence-electron chi connectivity index (χ1n) is 12.7. The maximum absolute atomic E-state index is 9.12. The minimum Gasteiger partial charge on any atom is -0.395 e. The molecule has 0 saturated heterocycles. The first-order chi connectivity index (χ1) is 18.6. The van der Waals surface area contributed by atoms with Crippen LogP contribution in [-0.4, -0.2) is 60.6 Å². The van der Waals surface area contributed by atoms with Crippen LogP contribution >= 0.6 is 0 Å². The summed E-state index contributed by atoms with van der Waals surface area (Å²) in [6, 6.07) is 24.5. The van der Waals surface area contributed by atoms with Crippen LogP contribution in [-0.2, 0) is 0 Å². The summed E-state index contributed by atoms with van der Waals surface area (Å²) in [4.78, 5) is 13.1. The molecule has 2 aromatic heterocycles. The van der Waals surface area contributed by atoms with E-state index in [1.807, 2.05) is 60.6 Å². The molecule has 2 aromatic carbocycles. The molecule has 6 nitrogen and oxygen atoms in total. The van der Waals surface area contributed by atoms with Crippen molar-refractivity contribution in [3.63, 3.8) is 0 Å². The summed E-state index contributed by atoms with van der Waals surface area (Å²) in [6.45, 7) is 1.48. The van der Waals surface area contributed by atoms with Crippen LogP contribution in [0.1, 0.15) is 22.3 Å². The van der Waals surface area contributed by atoms with Gasteiger partial charge in [0.1, 0.15) is 0 Å². The van der Waals surface area contributed by atoms with Gasteiger partial charge < -0.3 is 20.0 Å². The van der Waals surface area contributed by atoms with Gasteiger partial charge in [-0.25, -0.2) is 0 Å². The van der Waals surface area contributed by atoms with Gasteiger partial charge in [0, 0.05) is 51.0 Å². The van der Waals surface area contributed by atoms with Crippen LogP contribution in [0.4, 0.5) is 11.4 Å². The van der Waals surface area contributed by atoms with E-state index in [4.69, 9.17) is 10.2 Å². The fraction of sp³-hybridized carbons (Fsp3) is 0.188. The second kappa shape index (κ2) is 13.3. The summed E-state index contributed by atoms with van der Waals surface area (Å²) in [5.74, 6) is 0. The van der Waals surface area contributed by atoms with Crippen molar-refractivity contribution in [3.8, 4) is 11.4 Å². The van der Waals surface area contributed by atoms with E-state index in [9.17, 15) is 0 Å². The zero-order chi connectivity index (χ0) is 26.7. The molecule has 0 aliphatic heterocycles. The molecule has 2 N–H and O–H groups in total. The van der Waals surface area contributed by atoms with Crippen molar-refractivity contribution in [2.45, 2.75) is 0 Å². The summed E-state index contributed by atoms with van der Waals surface area (Å²) in [5, 5.41) is 18.2. The van der Waals surface area contributed by atoms with Gasteiger partial charge in [-0.2, -0.15) is 0 Å². The molecule has 0 spiro atoms. The third-order valence-electron chi connectivity index (χ3n) is 6.31. The molecule has 0 atom stereocenters. The van der Waals surface area contributed by atoms with Crippen molar-refractivity contribution in [1.82, 2.24) is 9.97 Å². The lowest BCUT2D eigenvalue weighted by molar-refractivity contribution is 0.304. The number of hydrogen-bond donors (Lipinski definition) is 2. The number of rotatable bonds is 11. The molecule has 194 valence electrons. The third kappa shape index (κ3) is 7.38. The highest BCUT2D eigenvalue weighted by Crippen LogP contribution is 2.21. The van der Waals surface area contributed by atoms with Crippen LogP contribution in [0.25, 0.3) is 35.7 Å². The number of likely N-dealkylation sites (N-methyl/N-ethyl adjacent to an activating group) is 2. The van der Waals surface area contributed by atoms with E-state index in [2.05, 4.69) is 82.8 Å². The van der Waals surface area contributed by atoms with Gasteiger partial charge in [0.15, 0.2) is 0 Å². The highest BCUT2D eigenvalue weighted by molar-refractivity contribution is 5.74. The fourth-order valence-corrected chi connectivity index (χ4v) is 4.00. The molecule has 0 saturated carbocycles. The fourth-order valence-electron chi connectivity index (χ4n) is 4.00. The lowest BCUT2D eigenvalue weighted by Gasteiger charge is -2.17. The van der Waals surface area contributed by atoms with Crippen molar-refractivity contribution in [3.05, 3.63) is 107 Å². The maximum Gasteiger partial charge on any atom is 0.0892 e. The Morgan fingerprint density at radius 2 is 0.921 bits per heavy atom. The summed E-state index contributed by atoms with van der Waals surface area (Å²) < 4.78 is 0. The lowest BCUT2D eigenvalue weighted by atomic mass is 10.1. The Morgan fingerprint density at radius 1 is 0.553 bits per heavy atom. The second-order valence-electron chi connectivity index (χ2n) is 9.09. The Labute approximate surface area is 224 Å². The van der Waals surface area contributed by atoms with Gasteiger partial charge >= 0.3 is 0 Å². The average molecular weight is 507 g/mol. The first-order valence-corrected chi connectivity index (χ1v) is 12.7. The number of aliphatic hydroxyl groups excluding tert-OH is 2. The number of nitrogens with zero attached hydrogens (tertiary/aromatic N) is 4. The Hall–Kier alpha value is -4.26. The van der Waals surface area contributed by atoms with Crippen LogP contribution in [0, 0.1) is 0 Å². The largest absolute Gasteiger partial charge is 0.395 e. The molecule has 4 aromatic rings. The Kier molecular flexibility index (Phi) is 9.40. The van der Waals surface area contributed by atoms with Crippen molar-refractivity contribution < 1.29 is 10.2 Å². The molecule has 0 aliphatic rings. The lowest BCUT2D eigenvalue weighted by Crippen LogP contribution is -2.20. The predicted octanol–water partition coefficient (Wildman–Crippen LogP) is 5.34. The Morgan fingerprint density at radius 3 is 1.29 bits per heavy atom. The highest BCUT2D eigenvalue weighted by atomic mass is 16.3. The monoisotopic (exact) mass is 506 g/mol. The SMILES string of the molecule is CN(CCO)c1ccc(/C=C/c2ccnc(-c3cc(/C=C/c4ccc(N(C)CCO)cc4)ccn3)c2)cc1. The van der Waals surface area contributed by atoms with Gasteiger partial charge in [0.25, 0.3) is 0 Å². The molecule has 0 aliphatic carbocycles. The van der Waals surface area contributed by atoms with Crippen LogP contribution in [0.15, 0.2) is 85.2 Å². The molecule has 4 rings (SSSR count). The van der Waals surface area contributed by atoms with Crippen LogP contribution in [0.3, 0.4) is 0 Å². The van der Waals surface area contributed by atoms with E-state index in [0.29, 0.717) is 13.1 Å². The van der Waals surface area contributed by atoms with Gasteiger partial charge in [-0.05, 0) is 70.8 Å². The summed E-state index contributed by atoms with van der Waals surface area (Å²) in [7, 11) is 3.94. The molecule has 0 radical (unpaired) electrons. The normalized spacial score (nSPS) is 11.4. The van der Waals surface area contributed by atoms with Gasteiger partial charge in [-0.3, -0.25) is 9.97 Å². The van der Waals surface area contributed by atoms with E-state index < -0.39 is 0 Å². The van der Waals surface area contributed by atoms with E-state index in [-0.39, 0.29) is 13.2 Å². The standard InChI is InChI=1S/C32H34N4O2/c1-35(19-21-37)29-11-7-25(8-12-29)3-5-27-15-17-33-31(23-27)32-24-28(16-18-34-32)6-4-26-9-13-30(14-10-26)36(2)20-22-38/h3-18,23-24,37-38H,19-22H2,1-2H3/b5-3+,6-4+. The minimum atomic E-state index is 0.134. The first kappa shape index (κ1) is 26.8. The van der Waals surface area contributed by atoms with Crippen LogP contribution in [0.5, 0.6) is 0 Å². The average Bonchev–Trinajstić information content (AvgIpc) is 2.96. The molecule has 0 fully saturated rings. The van der Waals surface area contributed by atoms with E-state index in [1.54, 1.807) is 0 Å². The quantitative estimate of drug-likeness (QED) is 0.286. The van der Waals surface area contributed by atoms with Gasteiger partial charge in [-0.15, -0.1) is 0 Å². The van der Waals surface area contributed by atoms with Crippen molar-refractivity contribution in [2.24, 2.45) is 0 Å². The number of hydrogen-bond acceptors (Lipinski definition) is 6. The predicted molar refractivity (Wildman–Crippen MR) is 159 cm³/mol. The number of benzene rings is 2. The molecular formula is C32H34N4O2. The topological polar surface area (TPSA) is 72.7 Å². The van der Waals surface area contributed by atoms with Crippen molar-refractivity contribution >= 4 is 35.7 Å². The molecular weight excluding hydrogens is 472 g/mol. The third-order valence-corrected chi connectivity index (χ3v) is 6.31. The highest BCUT2D eigenvalue weighted by Gasteiger charge is 2.04. The molecule has 6 heteroatoms. The molecule has 0 unspecified atom stereocenters. The van der Waals surface area contributed by atoms with E-state index in [0.717, 1.165) is 45.0 Å². The van der Waals surface area contributed by atoms with Crippen LogP contribution < -0.4 is 9.80 Å². The molecule has 2 heterocycles. The summed E-state index contributed by atoms with van der Waals surface area (Å²) in [5.41, 5.74) is 8.08. The number of aromatic nitrogens is 2. The summed E-state index contributed by atoms with van der Waals surface area (Å²) in [6.07, 6.45) is 11.9. The summed E-state index contributed by atoms with van der Waals surface area (Å²) >= 11 is 0. The zero-order valence-corrected chi connectivity index (χ0v) is 21.9. The van der Waals surface area contributed by atoms with E-state index >= 15 is 0 Å². The van der Waals surface area contributed by atoms with Crippen LogP contribution in [0.2, 0.25) is 0 Å². The van der Waals surface area contributed by atoms with Crippen molar-refractivity contribution in [2.75, 3.05) is 50.2 Å². The van der Waals surface area contributed by atoms with E-state index in [1.165, 1.54) is 0 Å². The number of pyridine rings is 2. The minimum absolute atomic E-state index is 0.134. The second-order valence-corrected chi connectivity index (χ2v) is 9.09. The molecule has 0 amide bonds. The number of anilines is 2. The van der Waals surface area contributed by atoms with Gasteiger partial charge in [0.2, 0.25) is 0 Å². The number of aliphatic hydroxyl groups is 2. The van der Waals surface area contributed by atoms with Gasteiger partial charge in [-0.1, -0.05) is 48.6 Å². The smallest absolute Gasteiger partial charge is 0.0892 e. The van der Waals surface area contributed by atoms with Crippen molar-refractivity contribution in [1.29, 1.82) is 0 Å². The van der Waals surface area contributed by atoms with Gasteiger partial charge in [0.05, 0.1) is 24.6 Å². The molecule has 0 bridgehead atoms. The Balaban J connectivity index is 1.44. The molecule has 38 heavy (non-hydrogen) atoms. The Bertz CT molecular complexity index is 1260.